The number of hydrogen-bond donors (Lipinski definition) is 0. The highest BCUT2D eigenvalue weighted by atomic mass is 15.2. The van der Waals surface area contributed by atoms with Gasteiger partial charge in [0.15, 0.2) is 0 Å². The van der Waals surface area contributed by atoms with Crippen LogP contribution in [0, 0.1) is 0 Å². The van der Waals surface area contributed by atoms with Gasteiger partial charge in [0.25, 0.3) is 0 Å². The first-order valence-corrected chi connectivity index (χ1v) is 15.3. The van der Waals surface area contributed by atoms with E-state index in [0.717, 1.165) is 19.6 Å². The molecule has 0 saturated heterocycles. The standard InChI is InChI=1S/C16H17BN2.C13H10.4C2H6/c1-2-18(11-17)12-19-15-9-5-3-7-13(15)14-8-4-6-10-16(14)19;1-3-7-12-10(5-1)9-11-6-2-4-8-13(11)12;4*1-2/h3-10H,2,11-12H2,1H3;1-8H,9H2;4*1-2H3. The van der Waals surface area contributed by atoms with Gasteiger partial charge in [-0.15, -0.1) is 0 Å². The minimum absolute atomic E-state index is 0.581. The van der Waals surface area contributed by atoms with Crippen LogP contribution < -0.4 is 0 Å². The summed E-state index contributed by atoms with van der Waals surface area (Å²) < 4.78 is 2.35. The number of benzene rings is 4. The molecule has 2 nitrogen and oxygen atoms in total. The number of hydrogen-bond acceptors (Lipinski definition) is 1. The highest BCUT2D eigenvalue weighted by Gasteiger charge is 2.16. The van der Waals surface area contributed by atoms with Crippen LogP contribution in [0.4, 0.5) is 0 Å². The van der Waals surface area contributed by atoms with Crippen molar-refractivity contribution in [1.82, 2.24) is 9.47 Å². The fraction of sp³-hybridized carbons (Fsp3) is 0.351. The van der Waals surface area contributed by atoms with Crippen molar-refractivity contribution in [3.63, 3.8) is 0 Å². The smallest absolute Gasteiger partial charge is 0.0864 e. The average Bonchev–Trinajstić information content (AvgIpc) is 3.60. The van der Waals surface area contributed by atoms with Crippen molar-refractivity contribution in [2.45, 2.75) is 75.4 Å². The van der Waals surface area contributed by atoms with Crippen LogP contribution in [0.15, 0.2) is 97.1 Å². The zero-order valence-electron chi connectivity index (χ0n) is 26.5. The molecule has 0 fully saturated rings. The summed E-state index contributed by atoms with van der Waals surface area (Å²) in [7, 11) is 5.80. The van der Waals surface area contributed by atoms with Crippen LogP contribution in [0.25, 0.3) is 32.9 Å². The minimum atomic E-state index is 0.581. The van der Waals surface area contributed by atoms with Gasteiger partial charge in [-0.05, 0) is 53.8 Å². The Morgan fingerprint density at radius 1 is 0.575 bits per heavy atom. The van der Waals surface area contributed by atoms with Crippen LogP contribution in [-0.2, 0) is 13.1 Å². The first-order valence-electron chi connectivity index (χ1n) is 15.3. The van der Waals surface area contributed by atoms with Crippen molar-refractivity contribution in [1.29, 1.82) is 0 Å². The Morgan fingerprint density at radius 2 is 0.950 bits per heavy atom. The molecule has 0 saturated carbocycles. The molecule has 4 aromatic carbocycles. The number of fused-ring (bicyclic) bond motifs is 6. The van der Waals surface area contributed by atoms with E-state index in [4.69, 9.17) is 7.85 Å². The van der Waals surface area contributed by atoms with E-state index in [2.05, 4.69) is 113 Å². The molecule has 1 heterocycles. The van der Waals surface area contributed by atoms with Gasteiger partial charge in [0.05, 0.1) is 25.5 Å². The number of aromatic nitrogens is 1. The molecule has 1 aliphatic carbocycles. The van der Waals surface area contributed by atoms with Gasteiger partial charge in [-0.25, -0.2) is 0 Å². The molecule has 3 heteroatoms. The molecule has 5 aromatic rings. The summed E-state index contributed by atoms with van der Waals surface area (Å²) in [6, 6.07) is 34.4. The van der Waals surface area contributed by atoms with Gasteiger partial charge in [-0.2, -0.15) is 0 Å². The lowest BCUT2D eigenvalue weighted by Crippen LogP contribution is -2.27. The average molecular weight is 535 g/mol. The molecule has 6 rings (SSSR count). The van der Waals surface area contributed by atoms with Gasteiger partial charge >= 0.3 is 0 Å². The lowest BCUT2D eigenvalue weighted by Gasteiger charge is -2.20. The van der Waals surface area contributed by atoms with Gasteiger partial charge in [-0.1, -0.05) is 147 Å². The third-order valence-corrected chi connectivity index (χ3v) is 6.43. The summed E-state index contributed by atoms with van der Waals surface area (Å²) in [5, 5.41) is 2.62. The van der Waals surface area contributed by atoms with Crippen molar-refractivity contribution in [3.8, 4) is 11.1 Å². The zero-order chi connectivity index (χ0) is 29.9. The summed E-state index contributed by atoms with van der Waals surface area (Å²) in [4.78, 5) is 2.22. The van der Waals surface area contributed by atoms with Crippen LogP contribution in [0.5, 0.6) is 0 Å². The maximum atomic E-state index is 5.80. The molecule has 0 atom stereocenters. The molecule has 2 radical (unpaired) electrons. The molecule has 0 amide bonds. The lowest BCUT2D eigenvalue weighted by atomic mass is 10.1. The molecule has 1 aliphatic rings. The van der Waals surface area contributed by atoms with Crippen molar-refractivity contribution in [2.75, 3.05) is 13.0 Å². The van der Waals surface area contributed by atoms with E-state index in [1.807, 2.05) is 55.4 Å². The number of para-hydroxylation sites is 2. The van der Waals surface area contributed by atoms with Crippen molar-refractivity contribution in [2.24, 2.45) is 0 Å². The third-order valence-electron chi connectivity index (χ3n) is 6.43. The van der Waals surface area contributed by atoms with Gasteiger partial charge < -0.3 is 4.57 Å². The Labute approximate surface area is 246 Å². The van der Waals surface area contributed by atoms with E-state index in [1.54, 1.807) is 0 Å². The monoisotopic (exact) mass is 534 g/mol. The second kappa shape index (κ2) is 19.7. The first-order chi connectivity index (χ1) is 19.8. The SMILES string of the molecule is CC.CC.CC.CC.[B]CN(CC)Cn1c2ccccc2c2ccccc21.c1ccc2c(c1)Cc1ccccc1-2. The zero-order valence-corrected chi connectivity index (χ0v) is 26.5. The van der Waals surface area contributed by atoms with Gasteiger partial charge in [0, 0.05) is 10.8 Å². The fourth-order valence-electron chi connectivity index (χ4n) is 4.72. The summed E-state index contributed by atoms with van der Waals surface area (Å²) >= 11 is 0. The van der Waals surface area contributed by atoms with E-state index < -0.39 is 0 Å². The maximum absolute atomic E-state index is 5.80. The molecule has 212 valence electrons. The van der Waals surface area contributed by atoms with Crippen LogP contribution in [0.3, 0.4) is 0 Å². The highest BCUT2D eigenvalue weighted by Crippen LogP contribution is 2.35. The topological polar surface area (TPSA) is 8.17 Å². The summed E-state index contributed by atoms with van der Waals surface area (Å²) in [6.45, 7) is 19.9. The first kappa shape index (κ1) is 34.7. The normalized spacial score (nSPS) is 10.2. The molecule has 0 bridgehead atoms. The van der Waals surface area contributed by atoms with Crippen LogP contribution >= 0.6 is 0 Å². The molecule has 0 unspecified atom stereocenters. The Bertz CT molecular complexity index is 1270. The third kappa shape index (κ3) is 8.35. The molecule has 0 N–H and O–H groups in total. The fourth-order valence-corrected chi connectivity index (χ4v) is 4.72. The van der Waals surface area contributed by atoms with E-state index >= 15 is 0 Å². The Morgan fingerprint density at radius 3 is 1.35 bits per heavy atom. The van der Waals surface area contributed by atoms with Crippen LogP contribution in [0.2, 0.25) is 0 Å². The van der Waals surface area contributed by atoms with E-state index in [9.17, 15) is 0 Å². The highest BCUT2D eigenvalue weighted by molar-refractivity contribution is 6.09. The molecular formula is C37H51BN2. The van der Waals surface area contributed by atoms with Crippen LogP contribution in [0.1, 0.15) is 73.4 Å². The second-order valence-electron chi connectivity index (χ2n) is 8.26. The minimum Gasteiger partial charge on any atom is -0.327 e. The molecular weight excluding hydrogens is 483 g/mol. The Kier molecular flexibility index (Phi) is 17.1. The summed E-state index contributed by atoms with van der Waals surface area (Å²) in [6.07, 6.45) is 1.68. The molecule has 1 aromatic heterocycles. The van der Waals surface area contributed by atoms with Gasteiger partial charge in [0.1, 0.15) is 0 Å². The second-order valence-corrected chi connectivity index (χ2v) is 8.26. The van der Waals surface area contributed by atoms with Gasteiger partial charge in [0.2, 0.25) is 0 Å². The predicted molar refractivity (Wildman–Crippen MR) is 183 cm³/mol. The van der Waals surface area contributed by atoms with E-state index in [1.165, 1.54) is 44.1 Å². The number of rotatable bonds is 4. The molecule has 0 aliphatic heterocycles. The lowest BCUT2D eigenvalue weighted by molar-refractivity contribution is 0.276. The predicted octanol–water partition coefficient (Wildman–Crippen LogP) is 10.6. The molecule has 0 spiro atoms. The van der Waals surface area contributed by atoms with Crippen LogP contribution in [-0.4, -0.2) is 30.3 Å². The van der Waals surface area contributed by atoms with E-state index in [-0.39, 0.29) is 0 Å². The van der Waals surface area contributed by atoms with Crippen molar-refractivity contribution < 1.29 is 0 Å². The molecule has 40 heavy (non-hydrogen) atoms. The largest absolute Gasteiger partial charge is 0.327 e. The summed E-state index contributed by atoms with van der Waals surface area (Å²) in [5.41, 5.74) is 8.30. The van der Waals surface area contributed by atoms with E-state index in [0.29, 0.717) is 6.44 Å². The Hall–Kier alpha value is -3.30. The van der Waals surface area contributed by atoms with Crippen molar-refractivity contribution in [3.05, 3.63) is 108 Å². The quantitative estimate of drug-likeness (QED) is 0.204. The van der Waals surface area contributed by atoms with Crippen molar-refractivity contribution >= 4 is 29.7 Å². The Balaban J connectivity index is 0.000000332. The number of nitrogens with zero attached hydrogens (tertiary/aromatic N) is 2. The maximum Gasteiger partial charge on any atom is 0.0864 e. The summed E-state index contributed by atoms with van der Waals surface area (Å²) in [5.74, 6) is 0. The van der Waals surface area contributed by atoms with Gasteiger partial charge in [-0.3, -0.25) is 4.90 Å².